The van der Waals surface area contributed by atoms with E-state index < -0.39 is 10.0 Å². The Hall–Kier alpha value is -0.910. The lowest BCUT2D eigenvalue weighted by atomic mass is 9.81. The molecule has 1 atom stereocenters. The molecule has 2 N–H and O–H groups in total. The molecule has 1 aromatic rings. The molecule has 0 radical (unpaired) electrons. The van der Waals surface area contributed by atoms with Crippen LogP contribution in [0.25, 0.3) is 0 Å². The molecule has 1 aliphatic carbocycles. The normalized spacial score (nSPS) is 17.8. The van der Waals surface area contributed by atoms with Crippen LogP contribution >= 0.6 is 0 Å². The summed E-state index contributed by atoms with van der Waals surface area (Å²) >= 11 is 0. The second kappa shape index (κ2) is 6.24. The monoisotopic (exact) mass is 297 g/mol. The van der Waals surface area contributed by atoms with Crippen LogP contribution in [-0.4, -0.2) is 19.6 Å². The van der Waals surface area contributed by atoms with Crippen molar-refractivity contribution in [3.8, 4) is 0 Å². The molecule has 4 nitrogen and oxygen atoms in total. The van der Waals surface area contributed by atoms with Crippen molar-refractivity contribution in [2.45, 2.75) is 57.1 Å². The van der Waals surface area contributed by atoms with Crippen molar-refractivity contribution in [1.82, 2.24) is 4.72 Å². The standard InChI is InChI=1S/C15H23NO3S/c1-3-12-7-8-15(9-14(12)10-17)20(18,19)16-11(2)13-5-4-6-13/h7-9,11,13,16-17H,3-6,10H2,1-2H3. The maximum Gasteiger partial charge on any atom is 0.240 e. The Balaban J connectivity index is 2.20. The molecule has 112 valence electrons. The molecule has 0 bridgehead atoms. The van der Waals surface area contributed by atoms with Crippen molar-refractivity contribution < 1.29 is 13.5 Å². The summed E-state index contributed by atoms with van der Waals surface area (Å²) in [7, 11) is -3.50. The highest BCUT2D eigenvalue weighted by molar-refractivity contribution is 7.89. The zero-order valence-electron chi connectivity index (χ0n) is 12.1. The van der Waals surface area contributed by atoms with Gasteiger partial charge < -0.3 is 5.11 Å². The summed E-state index contributed by atoms with van der Waals surface area (Å²) in [6.45, 7) is 3.78. The molecule has 0 heterocycles. The Morgan fingerprint density at radius 2 is 2.05 bits per heavy atom. The zero-order valence-corrected chi connectivity index (χ0v) is 12.9. The summed E-state index contributed by atoms with van der Waals surface area (Å²) < 4.78 is 27.5. The molecule has 0 spiro atoms. The van der Waals surface area contributed by atoms with E-state index in [-0.39, 0.29) is 17.5 Å². The number of aryl methyl sites for hydroxylation is 1. The van der Waals surface area contributed by atoms with Crippen LogP contribution in [0.1, 0.15) is 44.2 Å². The largest absolute Gasteiger partial charge is 0.392 e. The van der Waals surface area contributed by atoms with Crippen molar-refractivity contribution >= 4 is 10.0 Å². The van der Waals surface area contributed by atoms with Crippen molar-refractivity contribution in [3.63, 3.8) is 0 Å². The van der Waals surface area contributed by atoms with E-state index in [2.05, 4.69) is 4.72 Å². The Morgan fingerprint density at radius 1 is 1.35 bits per heavy atom. The van der Waals surface area contributed by atoms with Gasteiger partial charge in [-0.15, -0.1) is 0 Å². The SMILES string of the molecule is CCc1ccc(S(=O)(=O)NC(C)C2CCC2)cc1CO. The maximum atomic E-state index is 12.4. The summed E-state index contributed by atoms with van der Waals surface area (Å²) in [5.41, 5.74) is 1.67. The Labute approximate surface area is 121 Å². The highest BCUT2D eigenvalue weighted by atomic mass is 32.2. The van der Waals surface area contributed by atoms with Crippen molar-refractivity contribution in [1.29, 1.82) is 0 Å². The fraction of sp³-hybridized carbons (Fsp3) is 0.600. The van der Waals surface area contributed by atoms with Crippen molar-refractivity contribution in [2.24, 2.45) is 5.92 Å². The van der Waals surface area contributed by atoms with Crippen LogP contribution in [0.4, 0.5) is 0 Å². The van der Waals surface area contributed by atoms with Gasteiger partial charge in [-0.05, 0) is 55.4 Å². The van der Waals surface area contributed by atoms with Gasteiger partial charge in [-0.2, -0.15) is 0 Å². The number of aliphatic hydroxyl groups excluding tert-OH is 1. The predicted molar refractivity (Wildman–Crippen MR) is 78.9 cm³/mol. The quantitative estimate of drug-likeness (QED) is 0.846. The minimum Gasteiger partial charge on any atom is -0.392 e. The summed E-state index contributed by atoms with van der Waals surface area (Å²) in [5.74, 6) is 0.456. The van der Waals surface area contributed by atoms with Gasteiger partial charge in [0.25, 0.3) is 0 Å². The molecule has 20 heavy (non-hydrogen) atoms. The number of benzene rings is 1. The second-order valence-electron chi connectivity index (χ2n) is 5.54. The Kier molecular flexibility index (Phi) is 4.83. The zero-order chi connectivity index (χ0) is 14.8. The molecule has 0 amide bonds. The number of hydrogen-bond donors (Lipinski definition) is 2. The van der Waals surface area contributed by atoms with Gasteiger partial charge in [-0.1, -0.05) is 19.4 Å². The van der Waals surface area contributed by atoms with Crippen LogP contribution in [-0.2, 0) is 23.1 Å². The highest BCUT2D eigenvalue weighted by Gasteiger charge is 2.28. The molecule has 1 unspecified atom stereocenters. The van der Waals surface area contributed by atoms with Crippen LogP contribution in [0.15, 0.2) is 23.1 Å². The molecule has 1 fully saturated rings. The van der Waals surface area contributed by atoms with E-state index in [1.807, 2.05) is 13.8 Å². The first-order chi connectivity index (χ1) is 9.47. The minimum absolute atomic E-state index is 0.0304. The molecule has 0 aliphatic heterocycles. The molecule has 1 saturated carbocycles. The van der Waals surface area contributed by atoms with Crippen LogP contribution in [0.5, 0.6) is 0 Å². The number of aliphatic hydroxyl groups is 1. The van der Waals surface area contributed by atoms with E-state index in [1.54, 1.807) is 18.2 Å². The van der Waals surface area contributed by atoms with E-state index in [4.69, 9.17) is 0 Å². The lowest BCUT2D eigenvalue weighted by molar-refractivity contribution is 0.260. The second-order valence-corrected chi connectivity index (χ2v) is 7.26. The topological polar surface area (TPSA) is 66.4 Å². The van der Waals surface area contributed by atoms with Crippen LogP contribution in [0, 0.1) is 5.92 Å². The first kappa shape index (κ1) is 15.5. The molecule has 2 rings (SSSR count). The summed E-state index contributed by atoms with van der Waals surface area (Å²) in [6, 6.07) is 4.95. The Morgan fingerprint density at radius 3 is 2.55 bits per heavy atom. The first-order valence-corrected chi connectivity index (χ1v) is 8.71. The smallest absolute Gasteiger partial charge is 0.240 e. The lowest BCUT2D eigenvalue weighted by Gasteiger charge is -2.31. The predicted octanol–water partition coefficient (Wildman–Crippen LogP) is 2.21. The number of hydrogen-bond acceptors (Lipinski definition) is 3. The highest BCUT2D eigenvalue weighted by Crippen LogP contribution is 2.30. The van der Waals surface area contributed by atoms with Gasteiger partial charge in [0.05, 0.1) is 11.5 Å². The maximum absolute atomic E-state index is 12.4. The van der Waals surface area contributed by atoms with E-state index in [9.17, 15) is 13.5 Å². The van der Waals surface area contributed by atoms with Crippen molar-refractivity contribution in [3.05, 3.63) is 29.3 Å². The minimum atomic E-state index is -3.50. The van der Waals surface area contributed by atoms with Crippen molar-refractivity contribution in [2.75, 3.05) is 0 Å². The number of rotatable bonds is 6. The molecule has 0 aromatic heterocycles. The van der Waals surface area contributed by atoms with Gasteiger partial charge in [-0.25, -0.2) is 13.1 Å². The number of sulfonamides is 1. The molecular weight excluding hydrogens is 274 g/mol. The fourth-order valence-corrected chi connectivity index (χ4v) is 3.97. The van der Waals surface area contributed by atoms with E-state index in [0.29, 0.717) is 11.5 Å². The van der Waals surface area contributed by atoms with E-state index in [1.165, 1.54) is 6.42 Å². The van der Waals surface area contributed by atoms with Gasteiger partial charge >= 0.3 is 0 Å². The van der Waals surface area contributed by atoms with E-state index in [0.717, 1.165) is 24.8 Å². The number of nitrogens with one attached hydrogen (secondary N) is 1. The van der Waals surface area contributed by atoms with Gasteiger partial charge in [0.2, 0.25) is 10.0 Å². The average Bonchev–Trinajstić information content (AvgIpc) is 2.35. The summed E-state index contributed by atoms with van der Waals surface area (Å²) in [4.78, 5) is 0.241. The van der Waals surface area contributed by atoms with E-state index >= 15 is 0 Å². The third-order valence-corrected chi connectivity index (χ3v) is 5.79. The molecule has 1 aliphatic rings. The molecule has 5 heteroatoms. The summed E-state index contributed by atoms with van der Waals surface area (Å²) in [6.07, 6.45) is 4.17. The third-order valence-electron chi connectivity index (χ3n) is 4.24. The van der Waals surface area contributed by atoms with Crippen LogP contribution in [0.3, 0.4) is 0 Å². The fourth-order valence-electron chi connectivity index (χ4n) is 2.61. The summed E-state index contributed by atoms with van der Waals surface area (Å²) in [5, 5.41) is 9.34. The molecule has 1 aromatic carbocycles. The third kappa shape index (κ3) is 3.22. The lowest BCUT2D eigenvalue weighted by Crippen LogP contribution is -2.40. The molecular formula is C15H23NO3S. The van der Waals surface area contributed by atoms with Gasteiger partial charge in [-0.3, -0.25) is 0 Å². The van der Waals surface area contributed by atoms with Gasteiger partial charge in [0.15, 0.2) is 0 Å². The average molecular weight is 297 g/mol. The van der Waals surface area contributed by atoms with Gasteiger partial charge in [0.1, 0.15) is 0 Å². The Bertz CT molecular complexity index is 564. The molecule has 0 saturated heterocycles. The first-order valence-electron chi connectivity index (χ1n) is 7.23. The van der Waals surface area contributed by atoms with Gasteiger partial charge in [0, 0.05) is 6.04 Å². The van der Waals surface area contributed by atoms with Crippen LogP contribution < -0.4 is 4.72 Å². The van der Waals surface area contributed by atoms with Crippen LogP contribution in [0.2, 0.25) is 0 Å².